The van der Waals surface area contributed by atoms with Crippen LogP contribution >= 0.6 is 11.6 Å². The summed E-state index contributed by atoms with van der Waals surface area (Å²) in [4.78, 5) is 0. The fourth-order valence-electron chi connectivity index (χ4n) is 2.48. The van der Waals surface area contributed by atoms with Crippen LogP contribution in [0.15, 0.2) is 42.5 Å². The van der Waals surface area contributed by atoms with Crippen molar-refractivity contribution < 1.29 is 14.6 Å². The maximum atomic E-state index is 8.76. The second kappa shape index (κ2) is 11.0. The molecule has 0 spiro atoms. The Hall–Kier alpha value is -1.75. The number of nitrogens with one attached hydrogen (secondary N) is 1. The molecule has 0 fully saturated rings. The van der Waals surface area contributed by atoms with E-state index in [1.165, 1.54) is 0 Å². The van der Waals surface area contributed by atoms with E-state index in [9.17, 15) is 0 Å². The van der Waals surface area contributed by atoms with E-state index >= 15 is 0 Å². The molecule has 25 heavy (non-hydrogen) atoms. The van der Waals surface area contributed by atoms with Gasteiger partial charge in [0.1, 0.15) is 6.61 Å². The monoisotopic (exact) mass is 363 g/mol. The Morgan fingerprint density at radius 3 is 2.64 bits per heavy atom. The number of benzene rings is 2. The van der Waals surface area contributed by atoms with Gasteiger partial charge in [-0.05, 0) is 49.6 Å². The van der Waals surface area contributed by atoms with Crippen molar-refractivity contribution in [1.29, 1.82) is 0 Å². The SMILES string of the molecule is COc1cc(CNCCCCCO)ccc1OCc1ccccc1Cl. The summed E-state index contributed by atoms with van der Waals surface area (Å²) >= 11 is 6.16. The molecule has 0 amide bonds. The van der Waals surface area contributed by atoms with Gasteiger partial charge >= 0.3 is 0 Å². The largest absolute Gasteiger partial charge is 0.493 e. The van der Waals surface area contributed by atoms with Crippen LogP contribution in [0.5, 0.6) is 11.5 Å². The Morgan fingerprint density at radius 1 is 1.04 bits per heavy atom. The molecule has 5 heteroatoms. The highest BCUT2D eigenvalue weighted by atomic mass is 35.5. The second-order valence-electron chi connectivity index (χ2n) is 5.83. The van der Waals surface area contributed by atoms with Gasteiger partial charge in [-0.25, -0.2) is 0 Å². The van der Waals surface area contributed by atoms with E-state index in [0.717, 1.165) is 43.5 Å². The van der Waals surface area contributed by atoms with Gasteiger partial charge in [0.2, 0.25) is 0 Å². The molecule has 0 aliphatic carbocycles. The highest BCUT2D eigenvalue weighted by Crippen LogP contribution is 2.29. The number of methoxy groups -OCH3 is 1. The van der Waals surface area contributed by atoms with Crippen molar-refractivity contribution >= 4 is 11.6 Å². The fourth-order valence-corrected chi connectivity index (χ4v) is 2.67. The molecule has 2 N–H and O–H groups in total. The Morgan fingerprint density at radius 2 is 1.88 bits per heavy atom. The smallest absolute Gasteiger partial charge is 0.161 e. The summed E-state index contributed by atoms with van der Waals surface area (Å²) in [6.45, 7) is 2.39. The molecular weight excluding hydrogens is 338 g/mol. The van der Waals surface area contributed by atoms with Gasteiger partial charge in [0.25, 0.3) is 0 Å². The molecule has 0 aliphatic heterocycles. The molecule has 0 saturated carbocycles. The number of hydrogen-bond acceptors (Lipinski definition) is 4. The van der Waals surface area contributed by atoms with Crippen molar-refractivity contribution in [3.05, 3.63) is 58.6 Å². The molecule has 136 valence electrons. The Kier molecular flexibility index (Phi) is 8.60. The quantitative estimate of drug-likeness (QED) is 0.588. The summed E-state index contributed by atoms with van der Waals surface area (Å²) in [5, 5.41) is 12.9. The number of hydrogen-bond donors (Lipinski definition) is 2. The van der Waals surface area contributed by atoms with Crippen LogP contribution in [0.2, 0.25) is 5.02 Å². The van der Waals surface area contributed by atoms with E-state index in [0.29, 0.717) is 23.1 Å². The van der Waals surface area contributed by atoms with Crippen LogP contribution in [0, 0.1) is 0 Å². The van der Waals surface area contributed by atoms with Crippen molar-refractivity contribution in [1.82, 2.24) is 5.32 Å². The third-order valence-electron chi connectivity index (χ3n) is 3.91. The van der Waals surface area contributed by atoms with Gasteiger partial charge in [0.15, 0.2) is 11.5 Å². The predicted molar refractivity (Wildman–Crippen MR) is 101 cm³/mol. The lowest BCUT2D eigenvalue weighted by Gasteiger charge is -2.13. The summed E-state index contributed by atoms with van der Waals surface area (Å²) in [6.07, 6.45) is 2.98. The topological polar surface area (TPSA) is 50.7 Å². The van der Waals surface area contributed by atoms with Crippen molar-refractivity contribution in [3.63, 3.8) is 0 Å². The van der Waals surface area contributed by atoms with Gasteiger partial charge in [-0.3, -0.25) is 0 Å². The van der Waals surface area contributed by atoms with Gasteiger partial charge in [0.05, 0.1) is 7.11 Å². The molecule has 2 aromatic rings. The summed E-state index contributed by atoms with van der Waals surface area (Å²) in [6, 6.07) is 13.6. The molecular formula is C20H26ClNO3. The molecule has 0 bridgehead atoms. The van der Waals surface area contributed by atoms with Crippen LogP contribution in [0.3, 0.4) is 0 Å². The molecule has 0 saturated heterocycles. The normalized spacial score (nSPS) is 10.7. The predicted octanol–water partition coefficient (Wildman–Crippen LogP) is 4.18. The van der Waals surface area contributed by atoms with Crippen LogP contribution < -0.4 is 14.8 Å². The number of ether oxygens (including phenoxy) is 2. The lowest BCUT2D eigenvalue weighted by molar-refractivity contribution is 0.282. The van der Waals surface area contributed by atoms with E-state index < -0.39 is 0 Å². The molecule has 0 aliphatic rings. The molecule has 0 unspecified atom stereocenters. The average Bonchev–Trinajstić information content (AvgIpc) is 2.64. The van der Waals surface area contributed by atoms with E-state index in [1.54, 1.807) is 7.11 Å². The number of aliphatic hydroxyl groups excluding tert-OH is 1. The first-order valence-electron chi connectivity index (χ1n) is 8.59. The Bertz CT molecular complexity index is 649. The van der Waals surface area contributed by atoms with Crippen LogP contribution in [0.4, 0.5) is 0 Å². The molecule has 4 nitrogen and oxygen atoms in total. The minimum absolute atomic E-state index is 0.271. The van der Waals surface area contributed by atoms with Gasteiger partial charge in [0, 0.05) is 23.7 Å². The molecule has 0 atom stereocenters. The van der Waals surface area contributed by atoms with Crippen LogP contribution in [-0.2, 0) is 13.2 Å². The van der Waals surface area contributed by atoms with Gasteiger partial charge in [-0.1, -0.05) is 35.9 Å². The molecule has 0 heterocycles. The standard InChI is InChI=1S/C20H26ClNO3/c1-24-20-13-16(14-22-11-5-2-6-12-23)9-10-19(20)25-15-17-7-3-4-8-18(17)21/h3-4,7-10,13,22-23H,2,5-6,11-12,14-15H2,1H3. The Labute approximate surface area is 154 Å². The zero-order valence-electron chi connectivity index (χ0n) is 14.6. The molecule has 0 aromatic heterocycles. The minimum atomic E-state index is 0.271. The lowest BCUT2D eigenvalue weighted by Crippen LogP contribution is -2.14. The van der Waals surface area contributed by atoms with Crippen molar-refractivity contribution in [2.45, 2.75) is 32.4 Å². The van der Waals surface area contributed by atoms with E-state index in [-0.39, 0.29) is 6.61 Å². The zero-order valence-corrected chi connectivity index (χ0v) is 15.4. The van der Waals surface area contributed by atoms with Gasteiger partial charge in [-0.15, -0.1) is 0 Å². The van der Waals surface area contributed by atoms with Gasteiger partial charge in [-0.2, -0.15) is 0 Å². The van der Waals surface area contributed by atoms with E-state index in [4.69, 9.17) is 26.2 Å². The summed E-state index contributed by atoms with van der Waals surface area (Å²) < 4.78 is 11.3. The first-order valence-corrected chi connectivity index (χ1v) is 8.97. The molecule has 0 radical (unpaired) electrons. The number of unbranched alkanes of at least 4 members (excludes halogenated alkanes) is 2. The maximum absolute atomic E-state index is 8.76. The van der Waals surface area contributed by atoms with Crippen LogP contribution in [0.1, 0.15) is 30.4 Å². The van der Waals surface area contributed by atoms with E-state index in [1.807, 2.05) is 42.5 Å². The van der Waals surface area contributed by atoms with E-state index in [2.05, 4.69) is 5.32 Å². The third-order valence-corrected chi connectivity index (χ3v) is 4.28. The van der Waals surface area contributed by atoms with Crippen molar-refractivity contribution in [2.24, 2.45) is 0 Å². The molecule has 2 aromatic carbocycles. The maximum Gasteiger partial charge on any atom is 0.161 e. The van der Waals surface area contributed by atoms with Crippen LogP contribution in [0.25, 0.3) is 0 Å². The first kappa shape index (κ1) is 19.6. The number of aliphatic hydroxyl groups is 1. The van der Waals surface area contributed by atoms with Gasteiger partial charge < -0.3 is 19.9 Å². The summed E-state index contributed by atoms with van der Waals surface area (Å²) in [5.41, 5.74) is 2.09. The third kappa shape index (κ3) is 6.58. The van der Waals surface area contributed by atoms with Crippen molar-refractivity contribution in [2.75, 3.05) is 20.3 Å². The van der Waals surface area contributed by atoms with Crippen molar-refractivity contribution in [3.8, 4) is 11.5 Å². The van der Waals surface area contributed by atoms with Crippen LogP contribution in [-0.4, -0.2) is 25.4 Å². The number of rotatable bonds is 11. The highest BCUT2D eigenvalue weighted by molar-refractivity contribution is 6.31. The summed E-state index contributed by atoms with van der Waals surface area (Å²) in [5.74, 6) is 1.42. The highest BCUT2D eigenvalue weighted by Gasteiger charge is 2.07. The fraction of sp³-hybridized carbons (Fsp3) is 0.400. The number of halogens is 1. The minimum Gasteiger partial charge on any atom is -0.493 e. The lowest BCUT2D eigenvalue weighted by atomic mass is 10.2. The summed E-state index contributed by atoms with van der Waals surface area (Å²) in [7, 11) is 1.64. The second-order valence-corrected chi connectivity index (χ2v) is 6.23. The Balaban J connectivity index is 1.87. The molecule has 2 rings (SSSR count). The first-order chi connectivity index (χ1) is 12.2. The average molecular weight is 364 g/mol. The zero-order chi connectivity index (χ0) is 17.9.